The monoisotopic (exact) mass is 343 g/mol. The molecule has 0 saturated heterocycles. The Morgan fingerprint density at radius 3 is 2.65 bits per heavy atom. The number of furan rings is 1. The zero-order chi connectivity index (χ0) is 16.1. The minimum absolute atomic E-state index is 0.0463. The Bertz CT molecular complexity index is 790. The molecule has 3 rings (SSSR count). The maximum absolute atomic E-state index is 12.3. The third kappa shape index (κ3) is 4.12. The molecule has 0 fully saturated rings. The molecule has 0 saturated carbocycles. The number of rotatable bonds is 6. The van der Waals surface area contributed by atoms with Crippen molar-refractivity contribution in [3.8, 4) is 0 Å². The molecule has 0 bridgehead atoms. The van der Waals surface area contributed by atoms with Gasteiger partial charge in [-0.25, -0.2) is 0 Å². The van der Waals surface area contributed by atoms with E-state index in [4.69, 9.17) is 16.0 Å². The van der Waals surface area contributed by atoms with Crippen LogP contribution in [0, 0.1) is 0 Å². The predicted molar refractivity (Wildman–Crippen MR) is 93.6 cm³/mol. The van der Waals surface area contributed by atoms with Crippen molar-refractivity contribution in [3.05, 3.63) is 87.5 Å². The van der Waals surface area contributed by atoms with Gasteiger partial charge in [0, 0.05) is 17.6 Å². The van der Waals surface area contributed by atoms with Crippen LogP contribution in [0.3, 0.4) is 0 Å². The highest BCUT2D eigenvalue weighted by atomic mass is 35.5. The molecule has 0 atom stereocenters. The Balaban J connectivity index is 1.79. The quantitative estimate of drug-likeness (QED) is 0.505. The first-order chi connectivity index (χ1) is 11.2. The molecule has 0 unspecified atom stereocenters. The van der Waals surface area contributed by atoms with E-state index in [-0.39, 0.29) is 5.78 Å². The van der Waals surface area contributed by atoms with Gasteiger partial charge in [0.25, 0.3) is 0 Å². The fourth-order valence-electron chi connectivity index (χ4n) is 2.06. The van der Waals surface area contributed by atoms with Crippen LogP contribution in [-0.2, 0) is 6.54 Å². The van der Waals surface area contributed by atoms with E-state index in [1.807, 2.05) is 47.8 Å². The highest BCUT2D eigenvalue weighted by molar-refractivity contribution is 7.12. The minimum atomic E-state index is -0.0463. The summed E-state index contributed by atoms with van der Waals surface area (Å²) >= 11 is 7.31. The van der Waals surface area contributed by atoms with Gasteiger partial charge in [0.05, 0.1) is 16.8 Å². The lowest BCUT2D eigenvalue weighted by molar-refractivity contribution is 0.105. The summed E-state index contributed by atoms with van der Waals surface area (Å²) in [5.74, 6) is 0.582. The maximum atomic E-state index is 12.3. The molecule has 3 aromatic rings. The smallest absolute Gasteiger partial charge is 0.197 e. The van der Waals surface area contributed by atoms with Crippen LogP contribution in [0.15, 0.2) is 70.7 Å². The van der Waals surface area contributed by atoms with E-state index in [0.717, 1.165) is 5.56 Å². The van der Waals surface area contributed by atoms with Gasteiger partial charge in [-0.3, -0.25) is 4.79 Å². The first-order valence-electron chi connectivity index (χ1n) is 7.04. The van der Waals surface area contributed by atoms with E-state index >= 15 is 0 Å². The molecule has 1 aromatic carbocycles. The van der Waals surface area contributed by atoms with Crippen LogP contribution in [0.2, 0.25) is 5.02 Å². The van der Waals surface area contributed by atoms with Crippen LogP contribution in [0.5, 0.6) is 0 Å². The van der Waals surface area contributed by atoms with Crippen molar-refractivity contribution in [2.75, 3.05) is 0 Å². The summed E-state index contributed by atoms with van der Waals surface area (Å²) < 4.78 is 5.42. The molecule has 5 heteroatoms. The number of carbonyl (C=O) groups excluding carboxylic acids is 1. The summed E-state index contributed by atoms with van der Waals surface area (Å²) in [6.07, 6.45) is 3.16. The standard InChI is InChI=1S/C18H14ClNO2S/c19-14-7-5-13(6-8-14)12-20-15(17-3-1-9-22-17)11-16(21)18-4-2-10-23-18/h1-11,20H,12H2/b15-11+. The second-order valence-corrected chi connectivity index (χ2v) is 6.24. The van der Waals surface area contributed by atoms with Gasteiger partial charge in [-0.1, -0.05) is 29.8 Å². The van der Waals surface area contributed by atoms with Gasteiger partial charge in [-0.2, -0.15) is 0 Å². The molecule has 0 amide bonds. The van der Waals surface area contributed by atoms with Crippen molar-refractivity contribution < 1.29 is 9.21 Å². The fraction of sp³-hybridized carbons (Fsp3) is 0.0556. The molecule has 23 heavy (non-hydrogen) atoms. The number of thiophene rings is 1. The summed E-state index contributed by atoms with van der Waals surface area (Å²) in [6, 6.07) is 14.8. The molecule has 2 aromatic heterocycles. The average molecular weight is 344 g/mol. The molecule has 2 heterocycles. The topological polar surface area (TPSA) is 42.2 Å². The zero-order valence-electron chi connectivity index (χ0n) is 12.2. The Labute approximate surface area is 143 Å². The lowest BCUT2D eigenvalue weighted by Gasteiger charge is -2.09. The van der Waals surface area contributed by atoms with Gasteiger partial charge in [-0.15, -0.1) is 11.3 Å². The summed E-state index contributed by atoms with van der Waals surface area (Å²) in [7, 11) is 0. The van der Waals surface area contributed by atoms with Gasteiger partial charge in [0.15, 0.2) is 5.78 Å². The molecular formula is C18H14ClNO2S. The number of nitrogens with one attached hydrogen (secondary N) is 1. The molecule has 3 nitrogen and oxygen atoms in total. The number of allylic oxidation sites excluding steroid dienone is 1. The molecule has 1 N–H and O–H groups in total. The van der Waals surface area contributed by atoms with Crippen molar-refractivity contribution in [2.45, 2.75) is 6.54 Å². The second kappa shape index (κ2) is 7.31. The van der Waals surface area contributed by atoms with Crippen molar-refractivity contribution in [1.29, 1.82) is 0 Å². The van der Waals surface area contributed by atoms with Crippen molar-refractivity contribution in [1.82, 2.24) is 5.32 Å². The van der Waals surface area contributed by atoms with E-state index in [2.05, 4.69) is 5.32 Å². The number of ketones is 1. The van der Waals surface area contributed by atoms with E-state index in [9.17, 15) is 4.79 Å². The van der Waals surface area contributed by atoms with Crippen LogP contribution in [0.4, 0.5) is 0 Å². The van der Waals surface area contributed by atoms with Gasteiger partial charge in [0.1, 0.15) is 5.76 Å². The predicted octanol–water partition coefficient (Wildman–Crippen LogP) is 5.01. The van der Waals surface area contributed by atoms with E-state index < -0.39 is 0 Å². The Hall–Kier alpha value is -2.30. The molecule has 116 valence electrons. The summed E-state index contributed by atoms with van der Waals surface area (Å²) in [4.78, 5) is 13.0. The highest BCUT2D eigenvalue weighted by Crippen LogP contribution is 2.17. The third-order valence-corrected chi connectivity index (χ3v) is 4.36. The lowest BCUT2D eigenvalue weighted by Crippen LogP contribution is -2.13. The maximum Gasteiger partial charge on any atom is 0.197 e. The number of carbonyl (C=O) groups is 1. The minimum Gasteiger partial charge on any atom is -0.463 e. The molecule has 0 spiro atoms. The zero-order valence-corrected chi connectivity index (χ0v) is 13.7. The van der Waals surface area contributed by atoms with Crippen LogP contribution in [0.25, 0.3) is 5.70 Å². The van der Waals surface area contributed by atoms with E-state index in [1.165, 1.54) is 11.3 Å². The van der Waals surface area contributed by atoms with Crippen LogP contribution in [-0.4, -0.2) is 5.78 Å². The molecular weight excluding hydrogens is 330 g/mol. The van der Waals surface area contributed by atoms with Crippen molar-refractivity contribution >= 4 is 34.4 Å². The molecule has 0 aliphatic heterocycles. The van der Waals surface area contributed by atoms with Crippen molar-refractivity contribution in [2.24, 2.45) is 0 Å². The number of benzene rings is 1. The van der Waals surface area contributed by atoms with Crippen LogP contribution >= 0.6 is 22.9 Å². The summed E-state index contributed by atoms with van der Waals surface area (Å²) in [6.45, 7) is 0.571. The first kappa shape index (κ1) is 15.6. The van der Waals surface area contributed by atoms with Gasteiger partial charge < -0.3 is 9.73 Å². The number of hydrogen-bond donors (Lipinski definition) is 1. The van der Waals surface area contributed by atoms with Crippen LogP contribution in [0.1, 0.15) is 21.0 Å². The lowest BCUT2D eigenvalue weighted by atomic mass is 10.2. The number of halogens is 1. The average Bonchev–Trinajstić information content (AvgIpc) is 3.25. The number of hydrogen-bond acceptors (Lipinski definition) is 4. The fourth-order valence-corrected chi connectivity index (χ4v) is 2.82. The highest BCUT2D eigenvalue weighted by Gasteiger charge is 2.10. The largest absolute Gasteiger partial charge is 0.463 e. The Morgan fingerprint density at radius 2 is 2.00 bits per heavy atom. The third-order valence-electron chi connectivity index (χ3n) is 3.22. The van der Waals surface area contributed by atoms with E-state index in [1.54, 1.807) is 18.4 Å². The second-order valence-electron chi connectivity index (χ2n) is 4.86. The Kier molecular flexibility index (Phi) is 4.95. The van der Waals surface area contributed by atoms with Gasteiger partial charge in [-0.05, 0) is 41.3 Å². The van der Waals surface area contributed by atoms with Crippen molar-refractivity contribution in [3.63, 3.8) is 0 Å². The first-order valence-corrected chi connectivity index (χ1v) is 8.30. The molecule has 0 aliphatic rings. The SMILES string of the molecule is O=C(/C=C(/NCc1ccc(Cl)cc1)c1ccco1)c1cccs1. The molecule has 0 radical (unpaired) electrons. The van der Waals surface area contributed by atoms with Gasteiger partial charge >= 0.3 is 0 Å². The summed E-state index contributed by atoms with van der Waals surface area (Å²) in [5.41, 5.74) is 1.72. The summed E-state index contributed by atoms with van der Waals surface area (Å²) in [5, 5.41) is 5.84. The molecule has 0 aliphatic carbocycles. The normalized spacial score (nSPS) is 11.4. The van der Waals surface area contributed by atoms with E-state index in [0.29, 0.717) is 27.9 Å². The Morgan fingerprint density at radius 1 is 1.17 bits per heavy atom. The van der Waals surface area contributed by atoms with Crippen LogP contribution < -0.4 is 5.32 Å². The van der Waals surface area contributed by atoms with Gasteiger partial charge in [0.2, 0.25) is 0 Å².